The van der Waals surface area contributed by atoms with Crippen LogP contribution in [0.25, 0.3) is 0 Å². The van der Waals surface area contributed by atoms with E-state index in [0.717, 1.165) is 12.0 Å². The molecule has 0 aromatic heterocycles. The first-order valence-electron chi connectivity index (χ1n) is 7.29. The van der Waals surface area contributed by atoms with Gasteiger partial charge in [0.15, 0.2) is 0 Å². The van der Waals surface area contributed by atoms with E-state index >= 15 is 0 Å². The number of nitrogens with zero attached hydrogens (tertiary/aromatic N) is 1. The van der Waals surface area contributed by atoms with Gasteiger partial charge in [-0.3, -0.25) is 9.59 Å². The van der Waals surface area contributed by atoms with Crippen LogP contribution in [0.15, 0.2) is 18.2 Å². The third-order valence-corrected chi connectivity index (χ3v) is 5.52. The molecule has 118 valence electrons. The highest BCUT2D eigenvalue weighted by Gasteiger charge is 2.49. The Balaban J connectivity index is 1.66. The maximum absolute atomic E-state index is 12.5. The third kappa shape index (κ3) is 2.70. The number of amides is 1. The molecule has 1 heterocycles. The molecule has 1 aromatic rings. The largest absolute Gasteiger partial charge is 0.481 e. The topological polar surface area (TPSA) is 57.6 Å². The lowest BCUT2D eigenvalue weighted by atomic mass is 9.90. The average molecular weight is 342 g/mol. The minimum Gasteiger partial charge on any atom is -0.481 e. The van der Waals surface area contributed by atoms with Gasteiger partial charge >= 0.3 is 5.97 Å². The molecule has 1 saturated heterocycles. The minimum atomic E-state index is -0.834. The Bertz CT molecular complexity index is 648. The van der Waals surface area contributed by atoms with Crippen LogP contribution in [0, 0.1) is 11.3 Å². The number of benzene rings is 1. The van der Waals surface area contributed by atoms with Crippen LogP contribution >= 0.6 is 23.2 Å². The van der Waals surface area contributed by atoms with E-state index in [1.807, 2.05) is 12.1 Å². The minimum absolute atomic E-state index is 0.0565. The highest BCUT2D eigenvalue weighted by molar-refractivity contribution is 6.42. The van der Waals surface area contributed by atoms with E-state index in [2.05, 4.69) is 0 Å². The van der Waals surface area contributed by atoms with E-state index in [1.54, 1.807) is 17.9 Å². The molecule has 1 aromatic carbocycles. The van der Waals surface area contributed by atoms with Gasteiger partial charge in [-0.1, -0.05) is 29.3 Å². The molecule has 1 N–H and O–H groups in total. The van der Waals surface area contributed by atoms with Crippen LogP contribution in [0.5, 0.6) is 0 Å². The molecule has 22 heavy (non-hydrogen) atoms. The fourth-order valence-electron chi connectivity index (χ4n) is 3.14. The third-order valence-electron chi connectivity index (χ3n) is 4.78. The van der Waals surface area contributed by atoms with Crippen molar-refractivity contribution in [3.05, 3.63) is 33.8 Å². The van der Waals surface area contributed by atoms with Gasteiger partial charge in [-0.2, -0.15) is 0 Å². The van der Waals surface area contributed by atoms with E-state index in [-0.39, 0.29) is 17.7 Å². The second kappa shape index (κ2) is 5.43. The smallest absolute Gasteiger partial charge is 0.311 e. The first kappa shape index (κ1) is 15.6. The van der Waals surface area contributed by atoms with Crippen molar-refractivity contribution in [3.8, 4) is 0 Å². The Morgan fingerprint density at radius 3 is 2.64 bits per heavy atom. The summed E-state index contributed by atoms with van der Waals surface area (Å²) in [4.78, 5) is 25.5. The van der Waals surface area contributed by atoms with Crippen LogP contribution in [0.3, 0.4) is 0 Å². The summed E-state index contributed by atoms with van der Waals surface area (Å²) >= 11 is 11.9. The predicted octanol–water partition coefficient (Wildman–Crippen LogP) is 3.42. The number of likely N-dealkylation sites (tertiary alicyclic amines) is 1. The Hall–Kier alpha value is -1.26. The predicted molar refractivity (Wildman–Crippen MR) is 84.2 cm³/mol. The molecule has 1 aliphatic carbocycles. The molecule has 0 spiro atoms. The number of halogens is 2. The van der Waals surface area contributed by atoms with Gasteiger partial charge in [-0.05, 0) is 43.4 Å². The number of aliphatic carboxylic acids is 1. The highest BCUT2D eigenvalue weighted by atomic mass is 35.5. The normalized spacial score (nSPS) is 30.4. The maximum atomic E-state index is 12.5. The molecule has 0 bridgehead atoms. The summed E-state index contributed by atoms with van der Waals surface area (Å²) in [6, 6.07) is 5.46. The number of rotatable bonds is 3. The van der Waals surface area contributed by atoms with Crippen LogP contribution in [-0.2, 0) is 9.59 Å². The Morgan fingerprint density at radius 2 is 2.05 bits per heavy atom. The van der Waals surface area contributed by atoms with Gasteiger partial charge in [0.2, 0.25) is 5.91 Å². The molecule has 3 rings (SSSR count). The van der Waals surface area contributed by atoms with Gasteiger partial charge in [0.05, 0.1) is 15.5 Å². The number of carboxylic acids is 1. The zero-order valence-electron chi connectivity index (χ0n) is 12.2. The van der Waals surface area contributed by atoms with Crippen LogP contribution in [0.2, 0.25) is 10.0 Å². The zero-order valence-corrected chi connectivity index (χ0v) is 13.7. The number of carbonyl (C=O) groups is 2. The van der Waals surface area contributed by atoms with Gasteiger partial charge in [-0.25, -0.2) is 0 Å². The van der Waals surface area contributed by atoms with Gasteiger partial charge in [0.25, 0.3) is 0 Å². The summed E-state index contributed by atoms with van der Waals surface area (Å²) in [5.41, 5.74) is 0.205. The molecular weight excluding hydrogens is 325 g/mol. The summed E-state index contributed by atoms with van der Waals surface area (Å²) < 4.78 is 0. The number of hydrogen-bond donors (Lipinski definition) is 1. The van der Waals surface area contributed by atoms with Crippen molar-refractivity contribution in [3.63, 3.8) is 0 Å². The molecular formula is C16H17Cl2NO3. The molecule has 0 radical (unpaired) electrons. The summed E-state index contributed by atoms with van der Waals surface area (Å²) in [6.45, 7) is 2.52. The lowest BCUT2D eigenvalue weighted by Gasteiger charge is -2.20. The molecule has 1 aliphatic heterocycles. The second-order valence-corrected chi connectivity index (χ2v) is 7.31. The van der Waals surface area contributed by atoms with E-state index < -0.39 is 11.4 Å². The van der Waals surface area contributed by atoms with Gasteiger partial charge in [0, 0.05) is 19.0 Å². The van der Waals surface area contributed by atoms with E-state index in [4.69, 9.17) is 23.2 Å². The first-order valence-corrected chi connectivity index (χ1v) is 8.04. The molecule has 2 aliphatic rings. The molecule has 4 nitrogen and oxygen atoms in total. The zero-order chi connectivity index (χ0) is 16.1. The van der Waals surface area contributed by atoms with E-state index in [1.165, 1.54) is 0 Å². The fraction of sp³-hybridized carbons (Fsp3) is 0.500. The van der Waals surface area contributed by atoms with Gasteiger partial charge in [0.1, 0.15) is 0 Å². The van der Waals surface area contributed by atoms with Crippen molar-refractivity contribution in [2.24, 2.45) is 11.3 Å². The first-order chi connectivity index (χ1) is 10.3. The van der Waals surface area contributed by atoms with Crippen LogP contribution in [0.1, 0.15) is 31.2 Å². The van der Waals surface area contributed by atoms with Gasteiger partial charge in [-0.15, -0.1) is 0 Å². The van der Waals surface area contributed by atoms with Crippen LogP contribution in [0.4, 0.5) is 0 Å². The quantitative estimate of drug-likeness (QED) is 0.916. The maximum Gasteiger partial charge on any atom is 0.311 e. The molecule has 2 fully saturated rings. The molecule has 3 atom stereocenters. The van der Waals surface area contributed by atoms with Crippen LogP contribution < -0.4 is 0 Å². The summed E-state index contributed by atoms with van der Waals surface area (Å²) in [6.07, 6.45) is 1.30. The SMILES string of the molecule is CC1(C(=O)O)CCN(C(=O)C2CC2c2ccc(Cl)c(Cl)c2)C1. The monoisotopic (exact) mass is 341 g/mol. The van der Waals surface area contributed by atoms with Crippen molar-refractivity contribution in [1.29, 1.82) is 0 Å². The number of hydrogen-bond acceptors (Lipinski definition) is 2. The fourth-order valence-corrected chi connectivity index (χ4v) is 3.44. The molecule has 1 amide bonds. The summed E-state index contributed by atoms with van der Waals surface area (Å²) in [5, 5.41) is 10.3. The van der Waals surface area contributed by atoms with Crippen LogP contribution in [-0.4, -0.2) is 35.0 Å². The second-order valence-electron chi connectivity index (χ2n) is 6.50. The van der Waals surface area contributed by atoms with Crippen molar-refractivity contribution >= 4 is 35.1 Å². The van der Waals surface area contributed by atoms with E-state index in [0.29, 0.717) is 29.6 Å². The highest BCUT2D eigenvalue weighted by Crippen LogP contribution is 2.50. The molecule has 1 saturated carbocycles. The molecule has 6 heteroatoms. The van der Waals surface area contributed by atoms with Crippen molar-refractivity contribution in [2.75, 3.05) is 13.1 Å². The standard InChI is InChI=1S/C16H17Cl2NO3/c1-16(15(21)22)4-5-19(8-16)14(20)11-7-10(11)9-2-3-12(17)13(18)6-9/h2-3,6,10-11H,4-5,7-8H2,1H3,(H,21,22). The average Bonchev–Trinajstić information content (AvgIpc) is 3.16. The van der Waals surface area contributed by atoms with Crippen molar-refractivity contribution < 1.29 is 14.7 Å². The van der Waals surface area contributed by atoms with Crippen molar-refractivity contribution in [1.82, 2.24) is 4.90 Å². The Kier molecular flexibility index (Phi) is 3.86. The summed E-state index contributed by atoms with van der Waals surface area (Å²) in [5.74, 6) is -0.673. The van der Waals surface area contributed by atoms with Gasteiger partial charge < -0.3 is 10.0 Å². The number of carboxylic acid groups (broad SMARTS) is 1. The van der Waals surface area contributed by atoms with Crippen molar-refractivity contribution in [2.45, 2.75) is 25.7 Å². The lowest BCUT2D eigenvalue weighted by molar-refractivity contribution is -0.147. The lowest BCUT2D eigenvalue weighted by Crippen LogP contribution is -2.35. The summed E-state index contributed by atoms with van der Waals surface area (Å²) in [7, 11) is 0. The van der Waals surface area contributed by atoms with E-state index in [9.17, 15) is 14.7 Å². The number of carbonyl (C=O) groups excluding carboxylic acids is 1. The molecule has 3 unspecified atom stereocenters. The Labute approximate surface area is 139 Å². The Morgan fingerprint density at radius 1 is 1.32 bits per heavy atom.